The third-order valence-corrected chi connectivity index (χ3v) is 8.90. The largest absolute Gasteiger partial charge is 0.505 e. The minimum atomic E-state index is -5.14. The Hall–Kier alpha value is -3.44. The van der Waals surface area contributed by atoms with Crippen LogP contribution in [0.2, 0.25) is 0 Å². The van der Waals surface area contributed by atoms with Crippen LogP contribution in [-0.2, 0) is 44.7 Å². The molecular formula is C18H18N4O13S4. The number of anilines is 2. The van der Waals surface area contributed by atoms with Crippen LogP contribution in [0.5, 0.6) is 5.75 Å². The summed E-state index contributed by atoms with van der Waals surface area (Å²) in [5, 5.41) is 17.5. The first-order valence-corrected chi connectivity index (χ1v) is 15.8. The van der Waals surface area contributed by atoms with Crippen LogP contribution in [0.4, 0.5) is 22.7 Å². The maximum Gasteiger partial charge on any atom is 0.397 e. The Labute approximate surface area is 221 Å². The number of aromatic hydroxyl groups is 1. The summed E-state index contributed by atoms with van der Waals surface area (Å²) in [6.07, 6.45) is 0. The van der Waals surface area contributed by atoms with E-state index in [2.05, 4.69) is 14.4 Å². The Kier molecular flexibility index (Phi) is 7.93. The van der Waals surface area contributed by atoms with Crippen molar-refractivity contribution < 1.29 is 56.6 Å². The fourth-order valence-corrected chi connectivity index (χ4v) is 6.10. The van der Waals surface area contributed by atoms with Gasteiger partial charge in [-0.25, -0.2) is 12.6 Å². The fraction of sp³-hybridized carbons (Fsp3) is 0.111. The maximum atomic E-state index is 12.4. The third kappa shape index (κ3) is 6.77. The zero-order chi connectivity index (χ0) is 29.6. The molecule has 0 heterocycles. The van der Waals surface area contributed by atoms with Gasteiger partial charge in [-0.15, -0.1) is 10.2 Å². The number of nitrogens with two attached hydrogens (primary N) is 2. The van der Waals surface area contributed by atoms with E-state index >= 15 is 0 Å². The number of nitrogens with zero attached hydrogens (tertiary/aromatic N) is 2. The molecule has 0 aromatic heterocycles. The molecule has 0 atom stereocenters. The van der Waals surface area contributed by atoms with Crippen molar-refractivity contribution in [1.29, 1.82) is 0 Å². The first-order valence-electron chi connectivity index (χ1n) is 9.91. The van der Waals surface area contributed by atoms with Crippen LogP contribution in [0.15, 0.2) is 61.3 Å². The van der Waals surface area contributed by atoms with Gasteiger partial charge in [-0.05, 0) is 36.4 Å². The molecule has 0 saturated heterocycles. The molecule has 0 fully saturated rings. The average Bonchev–Trinajstić information content (AvgIpc) is 2.78. The number of hydrogen-bond acceptors (Lipinski definition) is 14. The number of sulfone groups is 1. The number of fused-ring (bicyclic) bond motifs is 1. The second kappa shape index (κ2) is 10.3. The molecule has 21 heteroatoms. The molecule has 17 nitrogen and oxygen atoms in total. The zero-order valence-corrected chi connectivity index (χ0v) is 22.3. The normalized spacial score (nSPS) is 13.3. The molecule has 3 aromatic rings. The van der Waals surface area contributed by atoms with E-state index in [-0.39, 0.29) is 22.1 Å². The van der Waals surface area contributed by atoms with Gasteiger partial charge in [0.05, 0.1) is 28.6 Å². The highest BCUT2D eigenvalue weighted by molar-refractivity contribution is 7.91. The molecule has 0 saturated carbocycles. The van der Waals surface area contributed by atoms with Gasteiger partial charge in [-0.1, -0.05) is 0 Å². The van der Waals surface area contributed by atoms with Crippen molar-refractivity contribution in [2.45, 2.75) is 14.7 Å². The lowest BCUT2D eigenvalue weighted by Gasteiger charge is -2.12. The first kappa shape index (κ1) is 30.1. The molecule has 0 aliphatic carbocycles. The quantitative estimate of drug-likeness (QED) is 0.0841. The summed E-state index contributed by atoms with van der Waals surface area (Å²) in [5.74, 6) is -1.75. The highest BCUT2D eigenvalue weighted by Gasteiger charge is 2.24. The van der Waals surface area contributed by atoms with Gasteiger partial charge in [-0.2, -0.15) is 25.3 Å². The number of azo groups is 1. The Morgan fingerprint density at radius 1 is 0.769 bits per heavy atom. The van der Waals surface area contributed by atoms with Gasteiger partial charge in [0.15, 0.2) is 9.84 Å². The minimum absolute atomic E-state index is 0.0772. The van der Waals surface area contributed by atoms with Crippen LogP contribution in [0.25, 0.3) is 10.8 Å². The van der Waals surface area contributed by atoms with E-state index < -0.39 is 84.6 Å². The Morgan fingerprint density at radius 3 is 1.95 bits per heavy atom. The van der Waals surface area contributed by atoms with Crippen LogP contribution in [0.1, 0.15) is 0 Å². The van der Waals surface area contributed by atoms with Gasteiger partial charge in [0.1, 0.15) is 26.9 Å². The topological polar surface area (TPSA) is 303 Å². The van der Waals surface area contributed by atoms with E-state index in [1.165, 1.54) is 12.1 Å². The van der Waals surface area contributed by atoms with E-state index in [0.29, 0.717) is 6.07 Å². The molecule has 0 amide bonds. The molecule has 0 spiro atoms. The average molecular weight is 627 g/mol. The van der Waals surface area contributed by atoms with Crippen molar-refractivity contribution in [3.05, 3.63) is 36.4 Å². The molecule has 0 radical (unpaired) electrons. The highest BCUT2D eigenvalue weighted by atomic mass is 32.3. The van der Waals surface area contributed by atoms with Gasteiger partial charge >= 0.3 is 10.4 Å². The molecular weight excluding hydrogens is 608 g/mol. The predicted octanol–water partition coefficient (Wildman–Crippen LogP) is 1.21. The van der Waals surface area contributed by atoms with Gasteiger partial charge < -0.3 is 16.6 Å². The summed E-state index contributed by atoms with van der Waals surface area (Å²) < 4.78 is 125. The van der Waals surface area contributed by atoms with Gasteiger partial charge in [0, 0.05) is 10.8 Å². The standard InChI is InChI=1S/C18H18N4O13S4/c19-12-3-2-10-11(8-15(38(29,30)31)16(20)18(10)23)17(12)22-21-13-4-1-9(7-14(13)37(26,27)28)36(24,25)6-5-35-39(32,33)34/h1-4,7-8,23H,5-6,19-20H2,(H,26,27,28)(H,29,30,31)(H,32,33,34). The predicted molar refractivity (Wildman–Crippen MR) is 134 cm³/mol. The van der Waals surface area contributed by atoms with E-state index in [1.54, 1.807) is 0 Å². The van der Waals surface area contributed by atoms with Gasteiger partial charge in [0.2, 0.25) is 0 Å². The number of rotatable bonds is 9. The van der Waals surface area contributed by atoms with Crippen molar-refractivity contribution in [1.82, 2.24) is 0 Å². The van der Waals surface area contributed by atoms with Crippen LogP contribution in [0.3, 0.4) is 0 Å². The van der Waals surface area contributed by atoms with Crippen molar-refractivity contribution in [3.8, 4) is 5.75 Å². The summed E-state index contributed by atoms with van der Waals surface area (Å²) in [5.41, 5.74) is 9.69. The Balaban J connectivity index is 2.16. The van der Waals surface area contributed by atoms with E-state index in [0.717, 1.165) is 18.2 Å². The minimum Gasteiger partial charge on any atom is -0.505 e. The Morgan fingerprint density at radius 2 is 1.38 bits per heavy atom. The molecule has 0 bridgehead atoms. The van der Waals surface area contributed by atoms with Crippen molar-refractivity contribution in [2.24, 2.45) is 10.2 Å². The summed E-state index contributed by atoms with van der Waals surface area (Å²) in [6, 6.07) is 5.47. The zero-order valence-electron chi connectivity index (χ0n) is 19.0. The molecule has 3 aromatic carbocycles. The summed E-state index contributed by atoms with van der Waals surface area (Å²) in [4.78, 5) is -2.64. The second-order valence-electron chi connectivity index (χ2n) is 7.58. The van der Waals surface area contributed by atoms with Crippen LogP contribution in [-0.4, -0.2) is 64.8 Å². The van der Waals surface area contributed by atoms with Gasteiger partial charge in [-0.3, -0.25) is 13.7 Å². The lowest BCUT2D eigenvalue weighted by molar-refractivity contribution is 0.284. The molecule has 212 valence electrons. The molecule has 39 heavy (non-hydrogen) atoms. The fourth-order valence-electron chi connectivity index (χ4n) is 3.22. The monoisotopic (exact) mass is 626 g/mol. The molecule has 0 unspecified atom stereocenters. The molecule has 0 aliphatic rings. The summed E-state index contributed by atoms with van der Waals surface area (Å²) in [7, 11) is -19.4. The SMILES string of the molecule is Nc1ccc2c(O)c(N)c(S(=O)(=O)O)cc2c1N=Nc1ccc(S(=O)(=O)CCOS(=O)(=O)O)cc1S(=O)(=O)O. The molecule has 3 rings (SSSR count). The number of benzene rings is 3. The highest BCUT2D eigenvalue weighted by Crippen LogP contribution is 2.43. The smallest absolute Gasteiger partial charge is 0.397 e. The lowest BCUT2D eigenvalue weighted by Crippen LogP contribution is -2.16. The molecule has 8 N–H and O–H groups in total. The number of hydrogen-bond donors (Lipinski definition) is 6. The maximum absolute atomic E-state index is 12.4. The van der Waals surface area contributed by atoms with Crippen molar-refractivity contribution in [2.75, 3.05) is 23.8 Å². The molecule has 0 aliphatic heterocycles. The van der Waals surface area contributed by atoms with E-state index in [9.17, 15) is 47.9 Å². The number of phenols is 1. The first-order chi connectivity index (χ1) is 17.7. The van der Waals surface area contributed by atoms with E-state index in [1.807, 2.05) is 0 Å². The van der Waals surface area contributed by atoms with E-state index in [4.69, 9.17) is 16.0 Å². The summed E-state index contributed by atoms with van der Waals surface area (Å²) in [6.45, 7) is -1.01. The second-order valence-corrected chi connectivity index (χ2v) is 13.6. The van der Waals surface area contributed by atoms with Crippen molar-refractivity contribution >= 4 is 74.0 Å². The van der Waals surface area contributed by atoms with Crippen LogP contribution >= 0.6 is 0 Å². The lowest BCUT2D eigenvalue weighted by atomic mass is 10.1. The van der Waals surface area contributed by atoms with Crippen LogP contribution in [0, 0.1) is 0 Å². The van der Waals surface area contributed by atoms with Crippen molar-refractivity contribution in [3.63, 3.8) is 0 Å². The Bertz CT molecular complexity index is 1960. The summed E-state index contributed by atoms with van der Waals surface area (Å²) >= 11 is 0. The van der Waals surface area contributed by atoms with Gasteiger partial charge in [0.25, 0.3) is 20.2 Å². The number of nitrogen functional groups attached to an aromatic ring is 2. The third-order valence-electron chi connectivity index (χ3n) is 4.99. The van der Waals surface area contributed by atoms with Crippen LogP contribution < -0.4 is 11.5 Å². The number of phenolic OH excluding ortho intramolecular Hbond substituents is 1.